The average molecular weight is 869 g/mol. The van der Waals surface area contributed by atoms with Crippen molar-refractivity contribution in [1.29, 1.82) is 0 Å². The fourth-order valence-corrected chi connectivity index (χ4v) is 8.81. The Morgan fingerprint density at radius 3 is 2.38 bits per heavy atom. The summed E-state index contributed by atoms with van der Waals surface area (Å²) in [6, 6.07) is 11.0. The average Bonchev–Trinajstić information content (AvgIpc) is 3.80. The Morgan fingerprint density at radius 2 is 1.62 bits per heavy atom. The maximum atomic E-state index is 13.3. The molecule has 61 heavy (non-hydrogen) atoms. The molecule has 6 amide bonds. The van der Waals surface area contributed by atoms with Gasteiger partial charge in [0.05, 0.1) is 33.7 Å². The molecule has 2 aromatic heterocycles. The van der Waals surface area contributed by atoms with E-state index in [-0.39, 0.29) is 41.5 Å². The number of aryl methyl sites for hydroxylation is 2. The van der Waals surface area contributed by atoms with Crippen LogP contribution in [0.2, 0.25) is 5.02 Å². The molecular formula is C43H49ClN10O6S. The van der Waals surface area contributed by atoms with Gasteiger partial charge >= 0.3 is 0 Å². The van der Waals surface area contributed by atoms with Crippen molar-refractivity contribution in [3.63, 3.8) is 0 Å². The largest absolute Gasteiger partial charge is 0.354 e. The second-order valence-electron chi connectivity index (χ2n) is 15.5. The Balaban J connectivity index is 0.765. The van der Waals surface area contributed by atoms with E-state index in [1.54, 1.807) is 18.2 Å². The molecule has 0 saturated carbocycles. The molecule has 320 valence electrons. The van der Waals surface area contributed by atoms with Crippen LogP contribution in [0.1, 0.15) is 106 Å². The number of nitrogens with zero attached hydrogens (tertiary/aromatic N) is 6. The predicted molar refractivity (Wildman–Crippen MR) is 234 cm³/mol. The second kappa shape index (κ2) is 19.7. The number of unbranched alkanes of at least 4 members (excludes halogenated alkanes) is 6. The van der Waals surface area contributed by atoms with Crippen molar-refractivity contribution in [3.05, 3.63) is 81.1 Å². The quantitative estimate of drug-likeness (QED) is 0.0667. The first-order valence-corrected chi connectivity index (χ1v) is 21.9. The number of anilines is 5. The number of aromatic nitrogens is 3. The molecule has 3 aliphatic heterocycles. The normalized spacial score (nSPS) is 16.7. The van der Waals surface area contributed by atoms with Crippen molar-refractivity contribution in [3.8, 4) is 0 Å². The zero-order chi connectivity index (χ0) is 43.0. The third kappa shape index (κ3) is 10.6. The van der Waals surface area contributed by atoms with Crippen LogP contribution >= 0.6 is 22.9 Å². The van der Waals surface area contributed by atoms with Crippen molar-refractivity contribution in [2.24, 2.45) is 0 Å². The zero-order valence-electron chi connectivity index (χ0n) is 34.2. The van der Waals surface area contributed by atoms with Crippen LogP contribution in [-0.4, -0.2) is 99.0 Å². The molecule has 0 aliphatic carbocycles. The number of nitrogens with one attached hydrogen (secondary N) is 4. The lowest BCUT2D eigenvalue weighted by molar-refractivity contribution is -0.136. The minimum Gasteiger partial charge on any atom is -0.354 e. The highest BCUT2D eigenvalue weighted by atomic mass is 35.5. The summed E-state index contributed by atoms with van der Waals surface area (Å²) in [5, 5.41) is 12.1. The number of carbonyl (C=O) groups excluding carboxylic acids is 6. The lowest BCUT2D eigenvalue weighted by atomic mass is 10.0. The molecule has 16 nitrogen and oxygen atoms in total. The number of imide groups is 2. The van der Waals surface area contributed by atoms with E-state index in [0.29, 0.717) is 45.2 Å². The summed E-state index contributed by atoms with van der Waals surface area (Å²) in [7, 11) is 0. The fraction of sp³-hybridized carbons (Fsp3) is 0.419. The molecule has 18 heteroatoms. The summed E-state index contributed by atoms with van der Waals surface area (Å²) < 4.78 is 0. The summed E-state index contributed by atoms with van der Waals surface area (Å²) >= 11 is 7.52. The van der Waals surface area contributed by atoms with Crippen LogP contribution in [0.4, 0.5) is 28.1 Å². The molecule has 1 atom stereocenters. The summed E-state index contributed by atoms with van der Waals surface area (Å²) in [4.78, 5) is 95.8. The molecule has 2 aromatic carbocycles. The highest BCUT2D eigenvalue weighted by molar-refractivity contribution is 7.17. The van der Waals surface area contributed by atoms with Crippen LogP contribution < -0.4 is 26.2 Å². The molecule has 7 rings (SSSR count). The molecule has 1 unspecified atom stereocenters. The van der Waals surface area contributed by atoms with E-state index in [0.717, 1.165) is 87.5 Å². The Kier molecular flexibility index (Phi) is 14.0. The molecule has 0 bridgehead atoms. The molecule has 0 spiro atoms. The van der Waals surface area contributed by atoms with Gasteiger partial charge in [-0.3, -0.25) is 43.9 Å². The summed E-state index contributed by atoms with van der Waals surface area (Å²) in [6.07, 6.45) is 9.06. The van der Waals surface area contributed by atoms with Gasteiger partial charge in [-0.15, -0.1) is 0 Å². The highest BCUT2D eigenvalue weighted by Crippen LogP contribution is 2.33. The number of hydrogen-bond acceptors (Lipinski definition) is 13. The Morgan fingerprint density at radius 1 is 0.885 bits per heavy atom. The smallest absolute Gasteiger partial charge is 0.267 e. The van der Waals surface area contributed by atoms with Gasteiger partial charge in [0.15, 0.2) is 5.13 Å². The van der Waals surface area contributed by atoms with Gasteiger partial charge in [0, 0.05) is 45.1 Å². The molecule has 5 heterocycles. The zero-order valence-corrected chi connectivity index (χ0v) is 35.8. The van der Waals surface area contributed by atoms with Gasteiger partial charge < -0.3 is 20.9 Å². The fourth-order valence-electron chi connectivity index (χ4n) is 7.83. The SMILES string of the molecule is Cc1nc(Nc2ncc(C(=O)Nc3c(C)cccc3Cl)s2)cc(N2CCN(CCCCCCCCCC(=O)Nc3cccc4c3C(=O)N(C3CCC(=O)NC3=O)C4=O)CC2)n1. The minimum atomic E-state index is -1.06. The molecule has 2 fully saturated rings. The number of para-hydroxylation sites is 1. The van der Waals surface area contributed by atoms with E-state index in [9.17, 15) is 28.8 Å². The lowest BCUT2D eigenvalue weighted by Gasteiger charge is -2.35. The van der Waals surface area contributed by atoms with Crippen molar-refractivity contribution in [1.82, 2.24) is 30.1 Å². The number of fused-ring (bicyclic) bond motifs is 1. The first-order chi connectivity index (χ1) is 29.4. The molecule has 2 saturated heterocycles. The van der Waals surface area contributed by atoms with Gasteiger partial charge in [0.25, 0.3) is 17.7 Å². The molecule has 3 aliphatic rings. The van der Waals surface area contributed by atoms with Crippen molar-refractivity contribution in [2.45, 2.75) is 84.1 Å². The number of halogens is 1. The maximum Gasteiger partial charge on any atom is 0.267 e. The summed E-state index contributed by atoms with van der Waals surface area (Å²) in [5.74, 6) is -0.777. The van der Waals surface area contributed by atoms with Gasteiger partial charge in [0.1, 0.15) is 28.4 Å². The first-order valence-electron chi connectivity index (χ1n) is 20.7. The van der Waals surface area contributed by atoms with Crippen molar-refractivity contribution >= 4 is 86.5 Å². The van der Waals surface area contributed by atoms with Crippen LogP contribution in [0.5, 0.6) is 0 Å². The number of rotatable bonds is 17. The minimum absolute atomic E-state index is 0.0370. The highest BCUT2D eigenvalue weighted by Gasteiger charge is 2.45. The number of carbonyl (C=O) groups is 6. The van der Waals surface area contributed by atoms with E-state index in [2.05, 4.69) is 41.0 Å². The van der Waals surface area contributed by atoms with Crippen molar-refractivity contribution < 1.29 is 28.8 Å². The van der Waals surface area contributed by atoms with Crippen LogP contribution in [0.15, 0.2) is 48.7 Å². The Hall–Kier alpha value is -5.78. The molecule has 4 aromatic rings. The van der Waals surface area contributed by atoms with Crippen LogP contribution in [0, 0.1) is 13.8 Å². The summed E-state index contributed by atoms with van der Waals surface area (Å²) in [5.41, 5.74) is 1.92. The van der Waals surface area contributed by atoms with Gasteiger partial charge in [0.2, 0.25) is 17.7 Å². The first kappa shape index (κ1) is 43.3. The van der Waals surface area contributed by atoms with Gasteiger partial charge in [-0.1, -0.05) is 73.2 Å². The van der Waals surface area contributed by atoms with E-state index < -0.39 is 29.7 Å². The van der Waals surface area contributed by atoms with Gasteiger partial charge in [-0.2, -0.15) is 0 Å². The molecule has 4 N–H and O–H groups in total. The van der Waals surface area contributed by atoms with E-state index >= 15 is 0 Å². The predicted octanol–water partition coefficient (Wildman–Crippen LogP) is 6.48. The Bertz CT molecular complexity index is 2310. The Labute approximate surface area is 362 Å². The maximum absolute atomic E-state index is 13.3. The summed E-state index contributed by atoms with van der Waals surface area (Å²) in [6.45, 7) is 8.39. The van der Waals surface area contributed by atoms with E-state index in [1.165, 1.54) is 23.6 Å². The van der Waals surface area contributed by atoms with Crippen LogP contribution in [0.25, 0.3) is 0 Å². The van der Waals surface area contributed by atoms with E-state index in [4.69, 9.17) is 16.6 Å². The third-order valence-corrected chi connectivity index (χ3v) is 12.3. The molecular weight excluding hydrogens is 820 g/mol. The molecule has 0 radical (unpaired) electrons. The number of thiazole rings is 1. The number of benzene rings is 2. The number of piperidine rings is 1. The van der Waals surface area contributed by atoms with Crippen LogP contribution in [-0.2, 0) is 14.4 Å². The van der Waals surface area contributed by atoms with Gasteiger partial charge in [-0.25, -0.2) is 15.0 Å². The number of piperazine rings is 1. The van der Waals surface area contributed by atoms with Crippen LogP contribution in [0.3, 0.4) is 0 Å². The van der Waals surface area contributed by atoms with E-state index in [1.807, 2.05) is 32.0 Å². The number of amides is 6. The topological polar surface area (TPSA) is 199 Å². The van der Waals surface area contributed by atoms with Crippen molar-refractivity contribution in [2.75, 3.05) is 53.6 Å². The number of hydrogen-bond donors (Lipinski definition) is 4. The third-order valence-electron chi connectivity index (χ3n) is 11.1. The monoisotopic (exact) mass is 868 g/mol. The second-order valence-corrected chi connectivity index (χ2v) is 16.9. The van der Waals surface area contributed by atoms with Gasteiger partial charge in [-0.05, 0) is 63.4 Å². The lowest BCUT2D eigenvalue weighted by Crippen LogP contribution is -2.54. The standard InChI is InChI=1S/C43H49ClN10O6S/c1-26-12-10-14-29(44)38(26)51-40(58)32-25-45-43(61-32)49-33-24-34(47-27(2)46-33)53-22-20-52(21-23-53)19-9-7-5-3-4-6-8-16-35(55)48-30-15-11-13-28-37(30)42(60)54(41(28)59)31-17-18-36(56)50-39(31)57/h10-15,24-25,31H,3-9,16-23H2,1-2H3,(H,48,55)(H,51,58)(H,50,56,57)(H,45,46,47,49).